The summed E-state index contributed by atoms with van der Waals surface area (Å²) >= 11 is 0. The zero-order valence-corrected chi connectivity index (χ0v) is 10.9. The van der Waals surface area contributed by atoms with Crippen LogP contribution in [0.25, 0.3) is 0 Å². The molecule has 0 fully saturated rings. The van der Waals surface area contributed by atoms with E-state index in [1.165, 1.54) is 5.56 Å². The van der Waals surface area contributed by atoms with Gasteiger partial charge >= 0.3 is 0 Å². The van der Waals surface area contributed by atoms with Crippen molar-refractivity contribution in [3.8, 4) is 5.75 Å². The van der Waals surface area contributed by atoms with Crippen molar-refractivity contribution in [3.63, 3.8) is 0 Å². The number of hydrogen-bond donors (Lipinski definition) is 1. The van der Waals surface area contributed by atoms with E-state index >= 15 is 0 Å². The van der Waals surface area contributed by atoms with Crippen LogP contribution in [0, 0.1) is 6.92 Å². The third kappa shape index (κ3) is 5.00. The van der Waals surface area contributed by atoms with E-state index in [-0.39, 0.29) is 5.78 Å². The van der Waals surface area contributed by atoms with Crippen molar-refractivity contribution < 1.29 is 9.53 Å². The van der Waals surface area contributed by atoms with E-state index in [1.807, 2.05) is 13.0 Å². The number of ketones is 1. The second kappa shape index (κ2) is 7.07. The van der Waals surface area contributed by atoms with Gasteiger partial charge < -0.3 is 10.1 Å². The van der Waals surface area contributed by atoms with Crippen molar-refractivity contribution in [1.82, 2.24) is 5.32 Å². The molecule has 0 spiro atoms. The third-order valence-corrected chi connectivity index (χ3v) is 2.50. The summed E-state index contributed by atoms with van der Waals surface area (Å²) in [7, 11) is 0. The van der Waals surface area contributed by atoms with Crippen LogP contribution in [-0.4, -0.2) is 25.5 Å². The first-order chi connectivity index (χ1) is 8.13. The Morgan fingerprint density at radius 3 is 2.76 bits per heavy atom. The molecule has 0 radical (unpaired) electrons. The average Bonchev–Trinajstić information content (AvgIpc) is 2.28. The molecule has 0 aliphatic rings. The lowest BCUT2D eigenvalue weighted by molar-refractivity contribution is -0.116. The minimum absolute atomic E-state index is 0.174. The van der Waals surface area contributed by atoms with Crippen LogP contribution in [0.4, 0.5) is 0 Å². The van der Waals surface area contributed by atoms with E-state index in [9.17, 15) is 4.79 Å². The molecule has 3 heteroatoms. The van der Waals surface area contributed by atoms with Crippen molar-refractivity contribution in [1.29, 1.82) is 0 Å². The summed E-state index contributed by atoms with van der Waals surface area (Å²) in [5, 5.41) is 3.11. The van der Waals surface area contributed by atoms with E-state index in [2.05, 4.69) is 24.4 Å². The normalized spacial score (nSPS) is 10.3. The Balaban J connectivity index is 2.44. The highest BCUT2D eigenvalue weighted by molar-refractivity contribution is 5.77. The lowest BCUT2D eigenvalue weighted by atomic mass is 10.1. The van der Waals surface area contributed by atoms with Gasteiger partial charge in [-0.15, -0.1) is 0 Å². The highest BCUT2D eigenvalue weighted by Gasteiger charge is 2.00. The standard InChI is InChI=1S/C14H21NO2/c1-4-17-14-6-5-13(9-11(14)2)7-8-15-10-12(3)16/h5-6,9,15H,4,7-8,10H2,1-3H3. The molecule has 17 heavy (non-hydrogen) atoms. The van der Waals surface area contributed by atoms with Crippen molar-refractivity contribution in [2.75, 3.05) is 19.7 Å². The van der Waals surface area contributed by atoms with Crippen LogP contribution in [0.5, 0.6) is 5.75 Å². The van der Waals surface area contributed by atoms with Crippen molar-refractivity contribution in [2.24, 2.45) is 0 Å². The van der Waals surface area contributed by atoms with Crippen LogP contribution in [0.15, 0.2) is 18.2 Å². The summed E-state index contributed by atoms with van der Waals surface area (Å²) in [6.45, 7) is 7.61. The second-order valence-electron chi connectivity index (χ2n) is 4.16. The highest BCUT2D eigenvalue weighted by atomic mass is 16.5. The molecule has 1 aromatic rings. The van der Waals surface area contributed by atoms with Crippen LogP contribution in [0.1, 0.15) is 25.0 Å². The number of nitrogens with one attached hydrogen (secondary N) is 1. The van der Waals surface area contributed by atoms with Crippen molar-refractivity contribution >= 4 is 5.78 Å². The monoisotopic (exact) mass is 235 g/mol. The quantitative estimate of drug-likeness (QED) is 0.736. The molecule has 0 aliphatic carbocycles. The zero-order chi connectivity index (χ0) is 12.7. The van der Waals surface area contributed by atoms with Gasteiger partial charge in [0.1, 0.15) is 11.5 Å². The predicted octanol–water partition coefficient (Wildman–Crippen LogP) is 2.11. The zero-order valence-electron chi connectivity index (χ0n) is 10.9. The number of carbonyl (C=O) groups is 1. The maximum Gasteiger partial charge on any atom is 0.143 e. The Hall–Kier alpha value is -1.35. The van der Waals surface area contributed by atoms with Gasteiger partial charge in [0.15, 0.2) is 0 Å². The van der Waals surface area contributed by atoms with Crippen LogP contribution in [0.3, 0.4) is 0 Å². The molecule has 0 atom stereocenters. The smallest absolute Gasteiger partial charge is 0.143 e. The lowest BCUT2D eigenvalue weighted by Crippen LogP contribution is -2.23. The van der Waals surface area contributed by atoms with Gasteiger partial charge in [0.05, 0.1) is 13.2 Å². The van der Waals surface area contributed by atoms with Crippen LogP contribution in [-0.2, 0) is 11.2 Å². The molecule has 0 aliphatic heterocycles. The van der Waals surface area contributed by atoms with Crippen molar-refractivity contribution in [2.45, 2.75) is 27.2 Å². The van der Waals surface area contributed by atoms with Gasteiger partial charge in [-0.05, 0) is 50.9 Å². The van der Waals surface area contributed by atoms with Crippen LogP contribution in [0.2, 0.25) is 0 Å². The van der Waals surface area contributed by atoms with E-state index in [1.54, 1.807) is 6.92 Å². The molecular formula is C14H21NO2. The molecule has 1 rings (SSSR count). The number of benzene rings is 1. The van der Waals surface area contributed by atoms with Gasteiger partial charge in [-0.25, -0.2) is 0 Å². The summed E-state index contributed by atoms with van der Waals surface area (Å²) in [6.07, 6.45) is 0.931. The Labute approximate surface area is 103 Å². The fourth-order valence-electron chi connectivity index (χ4n) is 1.68. The Morgan fingerprint density at radius 1 is 1.41 bits per heavy atom. The average molecular weight is 235 g/mol. The number of Topliss-reactive ketones (excluding diaryl/α,β-unsaturated/α-hetero) is 1. The van der Waals surface area contributed by atoms with Gasteiger partial charge in [0.25, 0.3) is 0 Å². The number of ether oxygens (including phenoxy) is 1. The largest absolute Gasteiger partial charge is 0.494 e. The molecule has 3 nitrogen and oxygen atoms in total. The van der Waals surface area contributed by atoms with Gasteiger partial charge in [-0.2, -0.15) is 0 Å². The number of carbonyl (C=O) groups excluding carboxylic acids is 1. The van der Waals surface area contributed by atoms with Gasteiger partial charge in [-0.3, -0.25) is 4.79 Å². The fourth-order valence-corrected chi connectivity index (χ4v) is 1.68. The first-order valence-electron chi connectivity index (χ1n) is 6.06. The molecule has 0 unspecified atom stereocenters. The molecule has 1 aromatic carbocycles. The van der Waals surface area contributed by atoms with E-state index in [0.717, 1.165) is 24.3 Å². The molecule has 0 saturated heterocycles. The molecular weight excluding hydrogens is 214 g/mol. The third-order valence-electron chi connectivity index (χ3n) is 2.50. The maximum atomic E-state index is 10.7. The van der Waals surface area contributed by atoms with E-state index in [0.29, 0.717) is 13.2 Å². The van der Waals surface area contributed by atoms with Crippen LogP contribution >= 0.6 is 0 Å². The molecule has 94 valence electrons. The number of hydrogen-bond acceptors (Lipinski definition) is 3. The Morgan fingerprint density at radius 2 is 2.18 bits per heavy atom. The first-order valence-corrected chi connectivity index (χ1v) is 6.06. The molecule has 0 bridgehead atoms. The summed E-state index contributed by atoms with van der Waals surface area (Å²) in [5.74, 6) is 1.13. The number of rotatable bonds is 7. The van der Waals surface area contributed by atoms with Gasteiger partial charge in [0.2, 0.25) is 0 Å². The fraction of sp³-hybridized carbons (Fsp3) is 0.500. The molecule has 0 heterocycles. The molecule has 0 aromatic heterocycles. The summed E-state index contributed by atoms with van der Waals surface area (Å²) in [4.78, 5) is 10.7. The predicted molar refractivity (Wildman–Crippen MR) is 69.6 cm³/mol. The maximum absolute atomic E-state index is 10.7. The summed E-state index contributed by atoms with van der Waals surface area (Å²) in [5.41, 5.74) is 2.43. The minimum atomic E-state index is 0.174. The molecule has 0 amide bonds. The molecule has 0 saturated carbocycles. The molecule has 1 N–H and O–H groups in total. The van der Waals surface area contributed by atoms with E-state index < -0.39 is 0 Å². The highest BCUT2D eigenvalue weighted by Crippen LogP contribution is 2.19. The van der Waals surface area contributed by atoms with Gasteiger partial charge in [0, 0.05) is 0 Å². The van der Waals surface area contributed by atoms with Crippen molar-refractivity contribution in [3.05, 3.63) is 29.3 Å². The minimum Gasteiger partial charge on any atom is -0.494 e. The summed E-state index contributed by atoms with van der Waals surface area (Å²) in [6, 6.07) is 6.23. The second-order valence-corrected chi connectivity index (χ2v) is 4.16. The number of aryl methyl sites for hydroxylation is 1. The summed E-state index contributed by atoms with van der Waals surface area (Å²) < 4.78 is 5.49. The Bertz CT molecular complexity index is 374. The van der Waals surface area contributed by atoms with E-state index in [4.69, 9.17) is 4.74 Å². The van der Waals surface area contributed by atoms with Crippen LogP contribution < -0.4 is 10.1 Å². The topological polar surface area (TPSA) is 38.3 Å². The SMILES string of the molecule is CCOc1ccc(CCNCC(C)=O)cc1C. The Kier molecular flexibility index (Phi) is 5.70. The lowest BCUT2D eigenvalue weighted by Gasteiger charge is -2.09. The van der Waals surface area contributed by atoms with Gasteiger partial charge in [-0.1, -0.05) is 12.1 Å². The first kappa shape index (κ1) is 13.7.